The molecule has 2 amide bonds. The molecule has 6 rings (SSSR count). The lowest BCUT2D eigenvalue weighted by molar-refractivity contribution is -0.385. The summed E-state index contributed by atoms with van der Waals surface area (Å²) < 4.78 is 1.68. The molecule has 2 N–H and O–H groups in total. The number of aliphatic hydroxyl groups is 2. The van der Waals surface area contributed by atoms with Crippen molar-refractivity contribution in [3.8, 4) is 0 Å². The van der Waals surface area contributed by atoms with Crippen LogP contribution in [0, 0.1) is 16.0 Å². The number of non-ortho nitro benzene ring substituents is 1. The third-order valence-electron chi connectivity index (χ3n) is 9.03. The summed E-state index contributed by atoms with van der Waals surface area (Å²) in [5.74, 6) is -1.49. The van der Waals surface area contributed by atoms with Crippen LogP contribution in [0.5, 0.6) is 0 Å². The minimum atomic E-state index is -2.02. The second-order valence-electron chi connectivity index (χ2n) is 12.0. The molecule has 0 spiro atoms. The number of aryl methyl sites for hydroxylation is 1. The van der Waals surface area contributed by atoms with Gasteiger partial charge in [-0.15, -0.1) is 5.10 Å². The Labute approximate surface area is 271 Å². The molecule has 2 aliphatic heterocycles. The number of nitro benzene ring substituents is 1. The van der Waals surface area contributed by atoms with Gasteiger partial charge in [-0.05, 0) is 42.2 Å². The number of carbonyl (C=O) groups excluding carboxylic acids is 2. The Balaban J connectivity index is 1.17. The number of benzene rings is 3. The van der Waals surface area contributed by atoms with Gasteiger partial charge in [-0.1, -0.05) is 66.8 Å². The number of aliphatic hydroxyl groups excluding tert-OH is 1. The van der Waals surface area contributed by atoms with Crippen molar-refractivity contribution in [1.82, 2.24) is 15.0 Å². The van der Waals surface area contributed by atoms with Crippen LogP contribution in [-0.2, 0) is 28.3 Å². The van der Waals surface area contributed by atoms with Crippen molar-refractivity contribution < 1.29 is 24.7 Å². The molecule has 0 bridgehead atoms. The van der Waals surface area contributed by atoms with Gasteiger partial charge >= 0.3 is 0 Å². The predicted molar refractivity (Wildman–Crippen MR) is 175 cm³/mol. The Bertz CT molecular complexity index is 1810. The molecular formula is C35H36N6O6. The molecule has 1 fully saturated rings. The number of aromatic nitrogens is 3. The molecule has 242 valence electrons. The third-order valence-corrected chi connectivity index (χ3v) is 9.03. The molecule has 0 radical (unpaired) electrons. The molecule has 3 atom stereocenters. The molecule has 47 heavy (non-hydrogen) atoms. The molecule has 3 heterocycles. The van der Waals surface area contributed by atoms with Crippen LogP contribution >= 0.6 is 0 Å². The van der Waals surface area contributed by atoms with E-state index in [0.29, 0.717) is 37.3 Å². The van der Waals surface area contributed by atoms with Crippen LogP contribution in [-0.4, -0.2) is 55.1 Å². The van der Waals surface area contributed by atoms with E-state index in [1.54, 1.807) is 28.8 Å². The highest BCUT2D eigenvalue weighted by atomic mass is 16.6. The van der Waals surface area contributed by atoms with Crippen molar-refractivity contribution >= 4 is 28.9 Å². The number of hydrogen-bond acceptors (Lipinski definition) is 8. The van der Waals surface area contributed by atoms with Gasteiger partial charge in [0.05, 0.1) is 35.4 Å². The van der Waals surface area contributed by atoms with Gasteiger partial charge in [-0.3, -0.25) is 24.4 Å². The largest absolute Gasteiger partial charge is 0.395 e. The first-order chi connectivity index (χ1) is 22.7. The Morgan fingerprint density at radius 2 is 1.85 bits per heavy atom. The fourth-order valence-corrected chi connectivity index (χ4v) is 6.37. The zero-order valence-corrected chi connectivity index (χ0v) is 26.0. The van der Waals surface area contributed by atoms with Crippen LogP contribution < -0.4 is 9.80 Å². The number of anilines is 2. The number of nitro groups is 1. The van der Waals surface area contributed by atoms with Crippen LogP contribution in [0.25, 0.3) is 0 Å². The van der Waals surface area contributed by atoms with Crippen molar-refractivity contribution in [3.05, 3.63) is 124 Å². The van der Waals surface area contributed by atoms with Crippen molar-refractivity contribution in [2.75, 3.05) is 23.0 Å². The predicted octanol–water partition coefficient (Wildman–Crippen LogP) is 4.45. The van der Waals surface area contributed by atoms with E-state index < -0.39 is 22.3 Å². The van der Waals surface area contributed by atoms with Gasteiger partial charge in [0, 0.05) is 55.0 Å². The molecule has 1 aromatic heterocycles. The fourth-order valence-electron chi connectivity index (χ4n) is 6.37. The number of allylic oxidation sites excluding steroid dienone is 1. The molecule has 0 aliphatic carbocycles. The van der Waals surface area contributed by atoms with Crippen LogP contribution in [0.15, 0.2) is 91.1 Å². The number of rotatable bonds is 12. The maximum atomic E-state index is 14.0. The monoisotopic (exact) mass is 636 g/mol. The standard InChI is InChI=1S/C35H36N6O6/c1-24(8-5-6-18-38-22-31(36-37-38)29(23-42)26-9-3-2-4-10-26)35(45)30-20-28(41(46)47)16-17-32(30)40(34(35)44)21-25-12-14-27(15-13-25)39-19-7-11-33(39)43/h2-5,8-10,12-17,20,22,24,29,42,45H,6-7,11,18-19,21,23H2,1H3/b8-5+/t24-,29?,35+/m0/s1. The summed E-state index contributed by atoms with van der Waals surface area (Å²) in [7, 11) is 0. The van der Waals surface area contributed by atoms with Crippen LogP contribution in [0.4, 0.5) is 17.1 Å². The summed E-state index contributed by atoms with van der Waals surface area (Å²) in [6.45, 7) is 2.90. The molecule has 3 aromatic carbocycles. The third kappa shape index (κ3) is 6.17. The van der Waals surface area contributed by atoms with Crippen LogP contribution in [0.2, 0.25) is 0 Å². The molecule has 12 heteroatoms. The lowest BCUT2D eigenvalue weighted by Gasteiger charge is -2.27. The molecule has 1 unspecified atom stereocenters. The lowest BCUT2D eigenvalue weighted by Crippen LogP contribution is -2.44. The lowest BCUT2D eigenvalue weighted by atomic mass is 9.82. The Hall–Kier alpha value is -5.20. The smallest absolute Gasteiger partial charge is 0.269 e. The Morgan fingerprint density at radius 3 is 2.53 bits per heavy atom. The molecule has 12 nitrogen and oxygen atoms in total. The molecular weight excluding hydrogens is 600 g/mol. The van der Waals surface area contributed by atoms with Gasteiger partial charge < -0.3 is 20.0 Å². The summed E-state index contributed by atoms with van der Waals surface area (Å²) in [5, 5.41) is 42.0. The van der Waals surface area contributed by atoms with Gasteiger partial charge in [0.15, 0.2) is 5.60 Å². The highest BCUT2D eigenvalue weighted by molar-refractivity contribution is 6.07. The summed E-state index contributed by atoms with van der Waals surface area (Å²) in [5.41, 5.74) is 1.53. The highest BCUT2D eigenvalue weighted by Gasteiger charge is 2.53. The first-order valence-corrected chi connectivity index (χ1v) is 15.7. The topological polar surface area (TPSA) is 155 Å². The first-order valence-electron chi connectivity index (χ1n) is 15.7. The van der Waals surface area contributed by atoms with Gasteiger partial charge in [0.25, 0.3) is 11.6 Å². The zero-order valence-electron chi connectivity index (χ0n) is 26.0. The number of amides is 2. The van der Waals surface area contributed by atoms with Crippen LogP contribution in [0.3, 0.4) is 0 Å². The van der Waals surface area contributed by atoms with E-state index in [-0.39, 0.29) is 36.2 Å². The second kappa shape index (κ2) is 13.3. The Kier molecular flexibility index (Phi) is 8.97. The number of carbonyl (C=O) groups is 2. The highest BCUT2D eigenvalue weighted by Crippen LogP contribution is 2.47. The van der Waals surface area contributed by atoms with E-state index in [1.807, 2.05) is 60.7 Å². The molecule has 0 saturated carbocycles. The van der Waals surface area contributed by atoms with E-state index in [1.165, 1.54) is 23.1 Å². The first kappa shape index (κ1) is 31.8. The minimum absolute atomic E-state index is 0.0829. The van der Waals surface area contributed by atoms with Gasteiger partial charge in [0.1, 0.15) is 0 Å². The average molecular weight is 637 g/mol. The van der Waals surface area contributed by atoms with Crippen molar-refractivity contribution in [1.29, 1.82) is 0 Å². The van der Waals surface area contributed by atoms with Gasteiger partial charge in [0.2, 0.25) is 5.91 Å². The van der Waals surface area contributed by atoms with E-state index in [9.17, 15) is 29.9 Å². The molecule has 2 aliphatic rings. The van der Waals surface area contributed by atoms with Crippen LogP contribution in [0.1, 0.15) is 54.5 Å². The van der Waals surface area contributed by atoms with Crippen molar-refractivity contribution in [3.63, 3.8) is 0 Å². The number of hydrogen-bond donors (Lipinski definition) is 2. The van der Waals surface area contributed by atoms with E-state index in [0.717, 1.165) is 23.2 Å². The molecule has 1 saturated heterocycles. The van der Waals surface area contributed by atoms with E-state index in [4.69, 9.17) is 0 Å². The van der Waals surface area contributed by atoms with Gasteiger partial charge in [-0.25, -0.2) is 0 Å². The maximum absolute atomic E-state index is 14.0. The van der Waals surface area contributed by atoms with E-state index in [2.05, 4.69) is 10.3 Å². The summed E-state index contributed by atoms with van der Waals surface area (Å²) in [6.07, 6.45) is 7.24. The average Bonchev–Trinajstić information content (AvgIpc) is 3.79. The maximum Gasteiger partial charge on any atom is 0.269 e. The quantitative estimate of drug-likeness (QED) is 0.131. The normalized spacial score (nSPS) is 19.0. The minimum Gasteiger partial charge on any atom is -0.395 e. The second-order valence-corrected chi connectivity index (χ2v) is 12.0. The SMILES string of the molecule is C[C@@H](/C=C/CCn1cc(C(CO)c2ccccc2)nn1)[C@]1(O)C(=O)N(Cc2ccc(N3CCCC3=O)cc2)c2ccc([N+](=O)[O-])cc21. The fraction of sp³-hybridized carbons (Fsp3) is 0.314. The Morgan fingerprint density at radius 1 is 1.09 bits per heavy atom. The van der Waals surface area contributed by atoms with Crippen molar-refractivity contribution in [2.45, 2.75) is 50.8 Å². The van der Waals surface area contributed by atoms with Gasteiger partial charge in [-0.2, -0.15) is 0 Å². The number of fused-ring (bicyclic) bond motifs is 1. The molecule has 4 aromatic rings. The summed E-state index contributed by atoms with van der Waals surface area (Å²) in [6, 6.07) is 21.1. The summed E-state index contributed by atoms with van der Waals surface area (Å²) in [4.78, 5) is 40.4. The van der Waals surface area contributed by atoms with Crippen molar-refractivity contribution in [2.24, 2.45) is 5.92 Å². The van der Waals surface area contributed by atoms with E-state index >= 15 is 0 Å². The number of nitrogens with zero attached hydrogens (tertiary/aromatic N) is 6. The zero-order chi connectivity index (χ0) is 33.1. The summed E-state index contributed by atoms with van der Waals surface area (Å²) >= 11 is 0.